The maximum Gasteiger partial charge on any atom is 0.247 e. The second-order valence-electron chi connectivity index (χ2n) is 6.29. The highest BCUT2D eigenvalue weighted by Crippen LogP contribution is 2.32. The number of rotatable bonds is 3. The minimum atomic E-state index is 0.0469. The lowest BCUT2D eigenvalue weighted by molar-refractivity contribution is -0.119. The van der Waals surface area contributed by atoms with Crippen molar-refractivity contribution in [1.82, 2.24) is 4.57 Å². The first kappa shape index (κ1) is 14.7. The van der Waals surface area contributed by atoms with Gasteiger partial charge in [-0.05, 0) is 31.0 Å². The van der Waals surface area contributed by atoms with Gasteiger partial charge in [-0.15, -0.1) is 0 Å². The molecule has 3 aromatic rings. The summed E-state index contributed by atoms with van der Waals surface area (Å²) in [5.41, 5.74) is 3.74. The van der Waals surface area contributed by atoms with Crippen molar-refractivity contribution in [2.24, 2.45) is 0 Å². The van der Waals surface area contributed by atoms with Gasteiger partial charge < -0.3 is 9.47 Å². The lowest BCUT2D eigenvalue weighted by Gasteiger charge is -2.23. The number of aromatic nitrogens is 1. The zero-order valence-corrected chi connectivity index (χ0v) is 13.5. The van der Waals surface area contributed by atoms with E-state index in [0.29, 0.717) is 5.56 Å². The molecular weight excluding hydrogens is 300 g/mol. The first-order chi connectivity index (χ1) is 11.7. The van der Waals surface area contributed by atoms with Crippen LogP contribution in [0.15, 0.2) is 54.7 Å². The van der Waals surface area contributed by atoms with Gasteiger partial charge in [0.25, 0.3) is 0 Å². The Morgan fingerprint density at radius 1 is 1.17 bits per heavy atom. The van der Waals surface area contributed by atoms with Gasteiger partial charge in [0.15, 0.2) is 6.29 Å². The maximum absolute atomic E-state index is 12.9. The standard InChI is InChI=1S/C20H18N2O2/c1-14-10-15-6-2-4-8-18(15)22(14)20(24)12-21-11-16(13-23)17-7-3-5-9-19(17)21/h2-9,11,13-14H,10,12H2,1H3. The van der Waals surface area contributed by atoms with Crippen LogP contribution in [-0.2, 0) is 17.8 Å². The number of carbonyl (C=O) groups excluding carboxylic acids is 2. The van der Waals surface area contributed by atoms with Gasteiger partial charge in [-0.1, -0.05) is 36.4 Å². The van der Waals surface area contributed by atoms with E-state index >= 15 is 0 Å². The second-order valence-corrected chi connectivity index (χ2v) is 6.29. The molecule has 1 aliphatic heterocycles. The Morgan fingerprint density at radius 3 is 2.75 bits per heavy atom. The Kier molecular flexibility index (Phi) is 3.45. The van der Waals surface area contributed by atoms with Crippen molar-refractivity contribution in [1.29, 1.82) is 0 Å². The van der Waals surface area contributed by atoms with Crippen LogP contribution >= 0.6 is 0 Å². The predicted octanol–water partition coefficient (Wildman–Crippen LogP) is 3.43. The summed E-state index contributed by atoms with van der Waals surface area (Å²) in [5, 5.41) is 0.884. The molecule has 2 aromatic carbocycles. The molecule has 0 aliphatic carbocycles. The van der Waals surface area contributed by atoms with Crippen molar-refractivity contribution >= 4 is 28.8 Å². The highest BCUT2D eigenvalue weighted by Gasteiger charge is 2.30. The summed E-state index contributed by atoms with van der Waals surface area (Å²) < 4.78 is 1.87. The molecule has 0 spiro atoms. The molecule has 0 radical (unpaired) electrons. The van der Waals surface area contributed by atoms with Gasteiger partial charge in [-0.25, -0.2) is 0 Å². The van der Waals surface area contributed by atoms with Crippen molar-refractivity contribution in [3.8, 4) is 0 Å². The Bertz CT molecular complexity index is 942. The van der Waals surface area contributed by atoms with E-state index in [-0.39, 0.29) is 18.5 Å². The third-order valence-corrected chi connectivity index (χ3v) is 4.73. The third-order valence-electron chi connectivity index (χ3n) is 4.73. The highest BCUT2D eigenvalue weighted by atomic mass is 16.2. The topological polar surface area (TPSA) is 42.3 Å². The number of nitrogens with zero attached hydrogens (tertiary/aromatic N) is 2. The third kappa shape index (κ3) is 2.22. The lowest BCUT2D eigenvalue weighted by atomic mass is 10.1. The van der Waals surface area contributed by atoms with Crippen LogP contribution in [0.4, 0.5) is 5.69 Å². The summed E-state index contributed by atoms with van der Waals surface area (Å²) in [6.07, 6.45) is 3.49. The van der Waals surface area contributed by atoms with E-state index in [1.165, 1.54) is 5.56 Å². The van der Waals surface area contributed by atoms with Crippen molar-refractivity contribution in [2.45, 2.75) is 25.9 Å². The smallest absolute Gasteiger partial charge is 0.247 e. The molecule has 2 heterocycles. The normalized spacial score (nSPS) is 16.4. The second kappa shape index (κ2) is 5.64. The minimum absolute atomic E-state index is 0.0469. The monoisotopic (exact) mass is 318 g/mol. The SMILES string of the molecule is CC1Cc2ccccc2N1C(=O)Cn1cc(C=O)c2ccccc21. The predicted molar refractivity (Wildman–Crippen MR) is 94.4 cm³/mol. The number of fused-ring (bicyclic) bond motifs is 2. The Balaban J connectivity index is 1.69. The van der Waals surface area contributed by atoms with E-state index in [1.54, 1.807) is 6.20 Å². The van der Waals surface area contributed by atoms with Gasteiger partial charge in [-0.3, -0.25) is 9.59 Å². The van der Waals surface area contributed by atoms with E-state index in [1.807, 2.05) is 51.9 Å². The number of benzene rings is 2. The molecule has 1 atom stereocenters. The van der Waals surface area contributed by atoms with Crippen LogP contribution in [-0.4, -0.2) is 22.8 Å². The summed E-state index contributed by atoms with van der Waals surface area (Å²) in [4.78, 5) is 26.1. The van der Waals surface area contributed by atoms with Crippen LogP contribution in [0.1, 0.15) is 22.8 Å². The molecule has 0 saturated carbocycles. The van der Waals surface area contributed by atoms with Crippen LogP contribution in [0.3, 0.4) is 0 Å². The first-order valence-corrected chi connectivity index (χ1v) is 8.12. The van der Waals surface area contributed by atoms with Crippen molar-refractivity contribution in [3.63, 3.8) is 0 Å². The molecule has 0 bridgehead atoms. The van der Waals surface area contributed by atoms with Crippen LogP contribution < -0.4 is 4.90 Å². The zero-order valence-electron chi connectivity index (χ0n) is 13.5. The molecule has 1 unspecified atom stereocenters. The van der Waals surface area contributed by atoms with Gasteiger partial charge in [0.05, 0.1) is 0 Å². The molecule has 1 aromatic heterocycles. The van der Waals surface area contributed by atoms with Crippen molar-refractivity contribution in [3.05, 3.63) is 65.9 Å². The number of amides is 1. The van der Waals surface area contributed by atoms with Gasteiger partial charge in [-0.2, -0.15) is 0 Å². The van der Waals surface area contributed by atoms with Crippen molar-refractivity contribution < 1.29 is 9.59 Å². The average Bonchev–Trinajstić information content (AvgIpc) is 3.12. The molecule has 1 amide bonds. The fourth-order valence-corrected chi connectivity index (χ4v) is 3.67. The van der Waals surface area contributed by atoms with Gasteiger partial charge in [0, 0.05) is 34.4 Å². The van der Waals surface area contributed by atoms with E-state index in [4.69, 9.17) is 0 Å². The molecule has 24 heavy (non-hydrogen) atoms. The summed E-state index contributed by atoms with van der Waals surface area (Å²) in [6.45, 7) is 2.30. The highest BCUT2D eigenvalue weighted by molar-refractivity contribution is 6.00. The zero-order chi connectivity index (χ0) is 16.7. The van der Waals surface area contributed by atoms with Gasteiger partial charge >= 0.3 is 0 Å². The molecule has 1 aliphatic rings. The quantitative estimate of drug-likeness (QED) is 0.694. The van der Waals surface area contributed by atoms with E-state index in [9.17, 15) is 9.59 Å². The number of hydrogen-bond donors (Lipinski definition) is 0. The molecule has 0 N–H and O–H groups in total. The average molecular weight is 318 g/mol. The number of para-hydroxylation sites is 2. The van der Waals surface area contributed by atoms with Crippen LogP contribution in [0, 0.1) is 0 Å². The van der Waals surface area contributed by atoms with Crippen molar-refractivity contribution in [2.75, 3.05) is 4.90 Å². The Labute approximate surface area is 140 Å². The summed E-state index contributed by atoms with van der Waals surface area (Å²) in [5.74, 6) is 0.0469. The summed E-state index contributed by atoms with van der Waals surface area (Å²) in [7, 11) is 0. The van der Waals surface area contributed by atoms with E-state index < -0.39 is 0 Å². The number of hydrogen-bond acceptors (Lipinski definition) is 2. The van der Waals surface area contributed by atoms with Crippen LogP contribution in [0.5, 0.6) is 0 Å². The maximum atomic E-state index is 12.9. The molecule has 4 heteroatoms. The lowest BCUT2D eigenvalue weighted by Crippen LogP contribution is -2.37. The summed E-state index contributed by atoms with van der Waals surface area (Å²) >= 11 is 0. The Hall–Kier alpha value is -2.88. The molecule has 0 saturated heterocycles. The number of anilines is 1. The number of carbonyl (C=O) groups is 2. The molecule has 4 rings (SSSR count). The molecule has 0 fully saturated rings. The van der Waals surface area contributed by atoms with Gasteiger partial charge in [0.2, 0.25) is 5.91 Å². The molecular formula is C20H18N2O2. The van der Waals surface area contributed by atoms with Crippen LogP contribution in [0.25, 0.3) is 10.9 Å². The van der Waals surface area contributed by atoms with Gasteiger partial charge in [0.1, 0.15) is 6.54 Å². The van der Waals surface area contributed by atoms with E-state index in [0.717, 1.165) is 29.3 Å². The minimum Gasteiger partial charge on any atom is -0.337 e. The Morgan fingerprint density at radius 2 is 1.92 bits per heavy atom. The molecule has 120 valence electrons. The largest absolute Gasteiger partial charge is 0.337 e. The van der Waals surface area contributed by atoms with Crippen LogP contribution in [0.2, 0.25) is 0 Å². The first-order valence-electron chi connectivity index (χ1n) is 8.12. The van der Waals surface area contributed by atoms with E-state index in [2.05, 4.69) is 13.0 Å². The fraction of sp³-hybridized carbons (Fsp3) is 0.200. The number of aldehydes is 1. The summed E-state index contributed by atoms with van der Waals surface area (Å²) in [6, 6.07) is 15.9. The molecule has 4 nitrogen and oxygen atoms in total. The fourth-order valence-electron chi connectivity index (χ4n) is 3.67.